The Morgan fingerprint density at radius 1 is 1.11 bits per heavy atom. The minimum Gasteiger partial charge on any atom is -0.486 e. The Balaban J connectivity index is 1.29. The van der Waals surface area contributed by atoms with Gasteiger partial charge in [0.2, 0.25) is 5.91 Å². The summed E-state index contributed by atoms with van der Waals surface area (Å²) in [6, 6.07) is 19.5. The number of furan rings is 1. The van der Waals surface area contributed by atoms with Crippen LogP contribution in [-0.4, -0.2) is 42.5 Å². The van der Waals surface area contributed by atoms with E-state index in [-0.39, 0.29) is 42.2 Å². The average Bonchev–Trinajstić information content (AvgIpc) is 3.62. The van der Waals surface area contributed by atoms with E-state index in [9.17, 15) is 9.59 Å². The Bertz CT molecular complexity index is 1230. The molecule has 7 heteroatoms. The van der Waals surface area contributed by atoms with E-state index in [0.29, 0.717) is 24.6 Å². The number of hydrogen-bond acceptors (Lipinski definition) is 5. The van der Waals surface area contributed by atoms with Crippen LogP contribution >= 0.6 is 0 Å². The van der Waals surface area contributed by atoms with Gasteiger partial charge >= 0.3 is 0 Å². The van der Waals surface area contributed by atoms with Gasteiger partial charge in [0.25, 0.3) is 5.91 Å². The lowest BCUT2D eigenvalue weighted by atomic mass is 9.87. The van der Waals surface area contributed by atoms with E-state index in [2.05, 4.69) is 23.5 Å². The van der Waals surface area contributed by atoms with Crippen LogP contribution in [0.4, 0.5) is 0 Å². The van der Waals surface area contributed by atoms with E-state index in [1.807, 2.05) is 49.1 Å². The predicted molar refractivity (Wildman–Crippen MR) is 139 cm³/mol. The molecule has 5 rings (SSSR count). The zero-order valence-corrected chi connectivity index (χ0v) is 21.4. The van der Waals surface area contributed by atoms with Gasteiger partial charge in [0, 0.05) is 25.6 Å². The minimum atomic E-state index is -0.254. The molecule has 2 aliphatic rings. The molecule has 1 aromatic heterocycles. The summed E-state index contributed by atoms with van der Waals surface area (Å²) in [7, 11) is 0. The quantitative estimate of drug-likeness (QED) is 0.474. The van der Waals surface area contributed by atoms with Gasteiger partial charge in [-0.1, -0.05) is 50.2 Å². The Kier molecular flexibility index (Phi) is 7.60. The summed E-state index contributed by atoms with van der Waals surface area (Å²) in [5, 5.41) is 2.87. The van der Waals surface area contributed by atoms with Crippen molar-refractivity contribution in [2.45, 2.75) is 51.9 Å². The van der Waals surface area contributed by atoms with Crippen molar-refractivity contribution in [3.63, 3.8) is 0 Å². The molecule has 1 N–H and O–H groups in total. The first kappa shape index (κ1) is 25.1. The van der Waals surface area contributed by atoms with E-state index in [1.165, 1.54) is 5.56 Å². The maximum atomic E-state index is 13.1. The second-order valence-electron chi connectivity index (χ2n) is 10.0. The third-order valence-electron chi connectivity index (χ3n) is 7.02. The van der Waals surface area contributed by atoms with Crippen molar-refractivity contribution >= 4 is 11.8 Å². The van der Waals surface area contributed by atoms with E-state index in [0.717, 1.165) is 37.0 Å². The molecule has 0 unspecified atom stereocenters. The highest BCUT2D eigenvalue weighted by molar-refractivity contribution is 5.91. The molecular formula is C30H34N2O5. The van der Waals surface area contributed by atoms with E-state index >= 15 is 0 Å². The van der Waals surface area contributed by atoms with Crippen molar-refractivity contribution < 1.29 is 23.5 Å². The molecule has 0 spiro atoms. The molecule has 7 nitrogen and oxygen atoms in total. The van der Waals surface area contributed by atoms with Crippen molar-refractivity contribution in [2.24, 2.45) is 5.92 Å². The molecular weight excluding hydrogens is 468 g/mol. The van der Waals surface area contributed by atoms with Gasteiger partial charge in [-0.2, -0.15) is 0 Å². The Hall–Kier alpha value is -3.58. The van der Waals surface area contributed by atoms with Crippen LogP contribution in [0.2, 0.25) is 0 Å². The molecule has 0 bridgehead atoms. The molecule has 0 radical (unpaired) electrons. The molecule has 2 aromatic carbocycles. The van der Waals surface area contributed by atoms with E-state index < -0.39 is 0 Å². The SMILES string of the molecule is CC(C)C(=O)N1CCc2ccc(OCc3ccc(C(=O)NC[C@@H]4CCCO4)o3)cc2[C@H]1c1ccccc1. The summed E-state index contributed by atoms with van der Waals surface area (Å²) in [6.45, 7) is 6.01. The predicted octanol–water partition coefficient (Wildman–Crippen LogP) is 4.90. The first-order valence-corrected chi connectivity index (χ1v) is 13.1. The zero-order valence-electron chi connectivity index (χ0n) is 21.4. The maximum absolute atomic E-state index is 13.1. The molecule has 194 valence electrons. The maximum Gasteiger partial charge on any atom is 0.287 e. The number of carbonyl (C=O) groups excluding carboxylic acids is 2. The summed E-state index contributed by atoms with van der Waals surface area (Å²) in [5.41, 5.74) is 3.38. The summed E-state index contributed by atoms with van der Waals surface area (Å²) < 4.78 is 17.4. The molecule has 1 saturated heterocycles. The Morgan fingerprint density at radius 2 is 1.95 bits per heavy atom. The number of benzene rings is 2. The van der Waals surface area contributed by atoms with Crippen molar-refractivity contribution in [1.29, 1.82) is 0 Å². The second kappa shape index (κ2) is 11.2. The largest absolute Gasteiger partial charge is 0.486 e. The lowest BCUT2D eigenvalue weighted by Gasteiger charge is -2.39. The fourth-order valence-electron chi connectivity index (χ4n) is 5.08. The molecule has 2 amide bonds. The normalized spacial score (nSPS) is 19.1. The van der Waals surface area contributed by atoms with Crippen LogP contribution in [0.25, 0.3) is 0 Å². The fourth-order valence-corrected chi connectivity index (χ4v) is 5.08. The zero-order chi connectivity index (χ0) is 25.8. The lowest BCUT2D eigenvalue weighted by molar-refractivity contribution is -0.136. The number of fused-ring (bicyclic) bond motifs is 1. The summed E-state index contributed by atoms with van der Waals surface area (Å²) >= 11 is 0. The summed E-state index contributed by atoms with van der Waals surface area (Å²) in [5.74, 6) is 1.33. The number of carbonyl (C=O) groups is 2. The molecule has 3 aromatic rings. The van der Waals surface area contributed by atoms with Crippen molar-refractivity contribution in [3.8, 4) is 5.75 Å². The minimum absolute atomic E-state index is 0.0803. The number of ether oxygens (including phenoxy) is 2. The van der Waals surface area contributed by atoms with Crippen molar-refractivity contribution in [1.82, 2.24) is 10.2 Å². The number of hydrogen-bond donors (Lipinski definition) is 1. The monoisotopic (exact) mass is 502 g/mol. The number of nitrogens with one attached hydrogen (secondary N) is 1. The molecule has 2 atom stereocenters. The number of amides is 2. The first-order chi connectivity index (χ1) is 18.0. The van der Waals surface area contributed by atoms with Crippen molar-refractivity contribution in [2.75, 3.05) is 19.7 Å². The average molecular weight is 503 g/mol. The molecule has 2 aliphatic heterocycles. The van der Waals surface area contributed by atoms with Crippen LogP contribution in [0.15, 0.2) is 65.1 Å². The Morgan fingerprint density at radius 3 is 2.70 bits per heavy atom. The van der Waals surface area contributed by atoms with Crippen LogP contribution < -0.4 is 10.1 Å². The van der Waals surface area contributed by atoms with Gasteiger partial charge in [-0.25, -0.2) is 0 Å². The molecule has 3 heterocycles. The van der Waals surface area contributed by atoms with Crippen LogP contribution in [0.1, 0.15) is 65.7 Å². The van der Waals surface area contributed by atoms with Crippen LogP contribution in [-0.2, 0) is 22.6 Å². The highest BCUT2D eigenvalue weighted by Crippen LogP contribution is 2.38. The Labute approximate surface area is 217 Å². The third-order valence-corrected chi connectivity index (χ3v) is 7.02. The third kappa shape index (κ3) is 5.72. The molecule has 37 heavy (non-hydrogen) atoms. The van der Waals surface area contributed by atoms with Gasteiger partial charge in [0.05, 0.1) is 12.1 Å². The van der Waals surface area contributed by atoms with E-state index in [4.69, 9.17) is 13.9 Å². The van der Waals surface area contributed by atoms with Crippen LogP contribution in [0.5, 0.6) is 5.75 Å². The smallest absolute Gasteiger partial charge is 0.287 e. The van der Waals surface area contributed by atoms with Gasteiger partial charge in [-0.3, -0.25) is 9.59 Å². The van der Waals surface area contributed by atoms with Gasteiger partial charge in [0.15, 0.2) is 5.76 Å². The molecule has 1 fully saturated rings. The molecule has 0 saturated carbocycles. The summed E-state index contributed by atoms with van der Waals surface area (Å²) in [4.78, 5) is 27.5. The van der Waals surface area contributed by atoms with Crippen LogP contribution in [0.3, 0.4) is 0 Å². The summed E-state index contributed by atoms with van der Waals surface area (Å²) in [6.07, 6.45) is 2.88. The fraction of sp³-hybridized carbons (Fsp3) is 0.400. The van der Waals surface area contributed by atoms with Crippen LogP contribution in [0, 0.1) is 5.92 Å². The van der Waals surface area contributed by atoms with E-state index in [1.54, 1.807) is 12.1 Å². The second-order valence-corrected chi connectivity index (χ2v) is 10.0. The highest BCUT2D eigenvalue weighted by Gasteiger charge is 2.33. The number of rotatable bonds is 8. The lowest BCUT2D eigenvalue weighted by Crippen LogP contribution is -2.42. The topological polar surface area (TPSA) is 81.0 Å². The standard InChI is InChI=1S/C30H34N2O5/c1-20(2)30(34)32-15-14-21-10-11-23(17-26(21)28(32)22-7-4-3-5-8-22)36-19-25-12-13-27(37-25)29(33)31-18-24-9-6-16-35-24/h3-5,7-8,10-13,17,20,24,28H,6,9,14-16,18-19H2,1-2H3,(H,31,33)/t24-,28+/m0/s1. The van der Waals surface area contributed by atoms with Gasteiger partial charge < -0.3 is 24.1 Å². The molecule has 0 aliphatic carbocycles. The van der Waals surface area contributed by atoms with Gasteiger partial charge in [-0.05, 0) is 60.2 Å². The number of nitrogens with zero attached hydrogens (tertiary/aromatic N) is 1. The first-order valence-electron chi connectivity index (χ1n) is 13.1. The highest BCUT2D eigenvalue weighted by atomic mass is 16.5. The van der Waals surface area contributed by atoms with Gasteiger partial charge in [-0.15, -0.1) is 0 Å². The van der Waals surface area contributed by atoms with Gasteiger partial charge in [0.1, 0.15) is 18.1 Å². The van der Waals surface area contributed by atoms with Crippen molar-refractivity contribution in [3.05, 3.63) is 88.9 Å².